The lowest BCUT2D eigenvalue weighted by atomic mass is 10.2. The van der Waals surface area contributed by atoms with Crippen LogP contribution in [0.3, 0.4) is 0 Å². The number of amides is 3. The van der Waals surface area contributed by atoms with Crippen molar-refractivity contribution in [2.24, 2.45) is 0 Å². The molecule has 158 valence electrons. The summed E-state index contributed by atoms with van der Waals surface area (Å²) in [6, 6.07) is 4.23. The van der Waals surface area contributed by atoms with Gasteiger partial charge in [0, 0.05) is 5.69 Å². The summed E-state index contributed by atoms with van der Waals surface area (Å²) in [7, 11) is 0. The summed E-state index contributed by atoms with van der Waals surface area (Å²) in [6.45, 7) is 0. The van der Waals surface area contributed by atoms with Crippen LogP contribution in [0.5, 0.6) is 0 Å². The van der Waals surface area contributed by atoms with Crippen LogP contribution in [0.2, 0.25) is 0 Å². The number of aromatic nitrogens is 1. The van der Waals surface area contributed by atoms with Gasteiger partial charge in [0.25, 0.3) is 11.8 Å². The van der Waals surface area contributed by atoms with E-state index in [4.69, 9.17) is 0 Å². The summed E-state index contributed by atoms with van der Waals surface area (Å²) in [5.74, 6) is -11.1. The summed E-state index contributed by atoms with van der Waals surface area (Å²) in [5.41, 5.74) is -2.07. The summed E-state index contributed by atoms with van der Waals surface area (Å²) >= 11 is 0. The number of urea groups is 1. The zero-order valence-corrected chi connectivity index (χ0v) is 14.3. The number of benzene rings is 2. The molecule has 0 saturated carbocycles. The molecule has 13 heteroatoms. The Labute approximate surface area is 161 Å². The number of alkyl halides is 5. The van der Waals surface area contributed by atoms with Crippen LogP contribution in [0.25, 0.3) is 11.1 Å². The molecule has 3 aromatic rings. The number of fused-ring (bicyclic) bond motifs is 1. The Kier molecular flexibility index (Phi) is 5.14. The van der Waals surface area contributed by atoms with Gasteiger partial charge in [-0.1, -0.05) is 6.07 Å². The second kappa shape index (κ2) is 7.31. The van der Waals surface area contributed by atoms with Crippen molar-refractivity contribution in [2.45, 2.75) is 12.1 Å². The summed E-state index contributed by atoms with van der Waals surface area (Å²) in [5, 5.41) is 3.69. The molecule has 6 nitrogen and oxygen atoms in total. The number of imide groups is 1. The van der Waals surface area contributed by atoms with Crippen molar-refractivity contribution in [1.82, 2.24) is 10.3 Å². The predicted molar refractivity (Wildman–Crippen MR) is 86.8 cm³/mol. The van der Waals surface area contributed by atoms with Gasteiger partial charge in [0.1, 0.15) is 22.7 Å². The quantitative estimate of drug-likeness (QED) is 0.583. The predicted octanol–water partition coefficient (Wildman–Crippen LogP) is 4.72. The van der Waals surface area contributed by atoms with E-state index in [-0.39, 0.29) is 5.69 Å². The van der Waals surface area contributed by atoms with Crippen LogP contribution in [-0.4, -0.2) is 23.1 Å². The van der Waals surface area contributed by atoms with Gasteiger partial charge in [-0.3, -0.25) is 10.1 Å². The van der Waals surface area contributed by atoms with Crippen molar-refractivity contribution in [3.05, 3.63) is 59.5 Å². The average Bonchev–Trinajstić information content (AvgIpc) is 3.04. The number of hydrogen-bond donors (Lipinski definition) is 2. The fourth-order valence-electron chi connectivity index (χ4n) is 2.30. The fourth-order valence-corrected chi connectivity index (χ4v) is 2.30. The lowest BCUT2D eigenvalue weighted by Gasteiger charge is -2.15. The third-order valence-corrected chi connectivity index (χ3v) is 3.69. The third-order valence-electron chi connectivity index (χ3n) is 3.69. The molecule has 0 saturated heterocycles. The average molecular weight is 435 g/mol. The molecular formula is C17H8F7N3O3. The molecule has 1 heterocycles. The van der Waals surface area contributed by atoms with Gasteiger partial charge in [0.2, 0.25) is 0 Å². The minimum atomic E-state index is -5.93. The number of nitrogens with zero attached hydrogens (tertiary/aromatic N) is 1. The van der Waals surface area contributed by atoms with Gasteiger partial charge in [0.15, 0.2) is 5.58 Å². The van der Waals surface area contributed by atoms with Crippen molar-refractivity contribution in [3.8, 4) is 0 Å². The van der Waals surface area contributed by atoms with Crippen molar-refractivity contribution in [3.63, 3.8) is 0 Å². The highest BCUT2D eigenvalue weighted by atomic mass is 19.4. The van der Waals surface area contributed by atoms with E-state index in [0.29, 0.717) is 0 Å². The number of carbonyl (C=O) groups excluding carboxylic acids is 2. The summed E-state index contributed by atoms with van der Waals surface area (Å²) in [4.78, 5) is 26.8. The maximum Gasteiger partial charge on any atom is 0.463 e. The maximum atomic E-state index is 13.5. The highest BCUT2D eigenvalue weighted by Crippen LogP contribution is 2.44. The molecule has 0 bridgehead atoms. The zero-order chi connectivity index (χ0) is 22.3. The van der Waals surface area contributed by atoms with E-state index < -0.39 is 58.2 Å². The number of carbonyl (C=O) groups is 2. The van der Waals surface area contributed by atoms with Crippen molar-refractivity contribution in [2.75, 3.05) is 5.32 Å². The van der Waals surface area contributed by atoms with Crippen LogP contribution in [0, 0.1) is 11.6 Å². The van der Waals surface area contributed by atoms with Gasteiger partial charge in [0.05, 0.1) is 0 Å². The molecule has 2 N–H and O–H groups in total. The summed E-state index contributed by atoms with van der Waals surface area (Å²) in [6.07, 6.45) is -5.93. The summed E-state index contributed by atoms with van der Waals surface area (Å²) < 4.78 is 95.4. The molecule has 3 amide bonds. The van der Waals surface area contributed by atoms with Gasteiger partial charge in [-0.25, -0.2) is 18.6 Å². The van der Waals surface area contributed by atoms with E-state index in [2.05, 4.69) is 9.40 Å². The van der Waals surface area contributed by atoms with Crippen LogP contribution in [-0.2, 0) is 5.92 Å². The largest absolute Gasteiger partial charge is 0.463 e. The molecule has 0 aliphatic carbocycles. The number of anilines is 1. The molecule has 0 atom stereocenters. The first-order valence-electron chi connectivity index (χ1n) is 7.82. The van der Waals surface area contributed by atoms with E-state index in [9.17, 15) is 40.3 Å². The number of hydrogen-bond acceptors (Lipinski definition) is 4. The lowest BCUT2D eigenvalue weighted by molar-refractivity contribution is -0.297. The Morgan fingerprint density at radius 1 is 0.967 bits per heavy atom. The van der Waals surface area contributed by atoms with Crippen molar-refractivity contribution in [1.29, 1.82) is 0 Å². The Balaban J connectivity index is 1.78. The molecule has 30 heavy (non-hydrogen) atoms. The van der Waals surface area contributed by atoms with E-state index in [1.165, 1.54) is 0 Å². The van der Waals surface area contributed by atoms with Gasteiger partial charge >= 0.3 is 18.1 Å². The molecule has 0 radical (unpaired) electrons. The normalized spacial score (nSPS) is 12.1. The third kappa shape index (κ3) is 3.90. The van der Waals surface area contributed by atoms with Gasteiger partial charge in [-0.15, -0.1) is 0 Å². The number of halogens is 7. The van der Waals surface area contributed by atoms with E-state index in [1.54, 1.807) is 5.32 Å². The second-order valence-electron chi connectivity index (χ2n) is 5.78. The number of oxazole rings is 1. The van der Waals surface area contributed by atoms with E-state index in [0.717, 1.165) is 36.4 Å². The molecule has 0 aliphatic rings. The standard InChI is InChI=1S/C17H8F7N3O3/c18-8-2-1-3-9(19)12(8)13(28)27-15(29)25-7-4-5-11-10(6-7)26-14(30-11)16(20,21)17(22,23)24/h1-6H,(H2,25,27,28,29). The van der Waals surface area contributed by atoms with E-state index >= 15 is 0 Å². The van der Waals surface area contributed by atoms with E-state index in [1.807, 2.05) is 5.32 Å². The maximum absolute atomic E-state index is 13.5. The smallest absolute Gasteiger partial charge is 0.435 e. The molecule has 3 rings (SSSR count). The minimum absolute atomic E-state index is 0.183. The first-order valence-corrected chi connectivity index (χ1v) is 7.82. The first-order chi connectivity index (χ1) is 13.9. The Hall–Kier alpha value is -3.64. The second-order valence-corrected chi connectivity index (χ2v) is 5.78. The van der Waals surface area contributed by atoms with Crippen LogP contribution in [0.4, 0.5) is 41.2 Å². The topological polar surface area (TPSA) is 84.2 Å². The van der Waals surface area contributed by atoms with Gasteiger partial charge in [-0.05, 0) is 30.3 Å². The molecule has 0 spiro atoms. The van der Waals surface area contributed by atoms with Crippen LogP contribution < -0.4 is 10.6 Å². The lowest BCUT2D eigenvalue weighted by Crippen LogP contribution is -2.35. The molecule has 0 aliphatic heterocycles. The Bertz CT molecular complexity index is 1120. The first kappa shape index (κ1) is 21.1. The monoisotopic (exact) mass is 435 g/mol. The van der Waals surface area contributed by atoms with Gasteiger partial charge < -0.3 is 9.73 Å². The molecule has 0 unspecified atom stereocenters. The Morgan fingerprint density at radius 2 is 1.60 bits per heavy atom. The minimum Gasteiger partial charge on any atom is -0.435 e. The van der Waals surface area contributed by atoms with Crippen molar-refractivity contribution < 1.29 is 44.7 Å². The van der Waals surface area contributed by atoms with Crippen molar-refractivity contribution >= 4 is 28.7 Å². The SMILES string of the molecule is O=C(NC(=O)c1c(F)cccc1F)Nc1ccc2oc(C(F)(F)C(F)(F)F)nc2c1. The zero-order valence-electron chi connectivity index (χ0n) is 14.3. The number of rotatable bonds is 3. The van der Waals surface area contributed by atoms with Crippen LogP contribution in [0.1, 0.15) is 16.2 Å². The molecule has 0 fully saturated rings. The molecule has 2 aromatic carbocycles. The van der Waals surface area contributed by atoms with Crippen LogP contribution >= 0.6 is 0 Å². The molecular weight excluding hydrogens is 427 g/mol. The highest BCUT2D eigenvalue weighted by molar-refractivity contribution is 6.08. The molecule has 1 aromatic heterocycles. The Morgan fingerprint density at radius 3 is 2.20 bits per heavy atom. The fraction of sp³-hybridized carbons (Fsp3) is 0.118. The van der Waals surface area contributed by atoms with Gasteiger partial charge in [-0.2, -0.15) is 22.0 Å². The number of nitrogens with one attached hydrogen (secondary N) is 2. The highest BCUT2D eigenvalue weighted by Gasteiger charge is 2.62. The van der Waals surface area contributed by atoms with Crippen LogP contribution in [0.15, 0.2) is 40.8 Å².